The van der Waals surface area contributed by atoms with E-state index in [-0.39, 0.29) is 0 Å². The summed E-state index contributed by atoms with van der Waals surface area (Å²) in [5.74, 6) is 0.620. The molecule has 2 rings (SSSR count). The van der Waals surface area contributed by atoms with Gasteiger partial charge in [0.25, 0.3) is 0 Å². The van der Waals surface area contributed by atoms with Crippen LogP contribution in [0.4, 0.5) is 0 Å². The van der Waals surface area contributed by atoms with Crippen molar-refractivity contribution in [2.45, 2.75) is 6.54 Å². The molecule has 0 amide bonds. The molecule has 1 heterocycles. The second kappa shape index (κ2) is 4.16. The SMILES string of the molecule is COc1nc(CN)cc2c(Br)cccc12. The summed E-state index contributed by atoms with van der Waals surface area (Å²) in [6.07, 6.45) is 0. The van der Waals surface area contributed by atoms with Crippen molar-refractivity contribution < 1.29 is 4.74 Å². The smallest absolute Gasteiger partial charge is 0.221 e. The Kier molecular flexibility index (Phi) is 2.88. The van der Waals surface area contributed by atoms with E-state index in [2.05, 4.69) is 20.9 Å². The molecule has 0 saturated carbocycles. The highest BCUT2D eigenvalue weighted by Crippen LogP contribution is 2.29. The average Bonchev–Trinajstić information content (AvgIpc) is 2.28. The van der Waals surface area contributed by atoms with E-state index in [9.17, 15) is 0 Å². The highest BCUT2D eigenvalue weighted by molar-refractivity contribution is 9.10. The number of ether oxygens (including phenoxy) is 1. The number of nitrogens with zero attached hydrogens (tertiary/aromatic N) is 1. The van der Waals surface area contributed by atoms with Gasteiger partial charge in [-0.25, -0.2) is 4.98 Å². The van der Waals surface area contributed by atoms with Crippen molar-refractivity contribution >= 4 is 26.7 Å². The zero-order valence-electron chi connectivity index (χ0n) is 8.33. The molecule has 0 saturated heterocycles. The monoisotopic (exact) mass is 266 g/mol. The predicted molar refractivity (Wildman–Crippen MR) is 63.9 cm³/mol. The Labute approximate surface area is 96.4 Å². The van der Waals surface area contributed by atoms with Crippen LogP contribution in [-0.2, 0) is 6.54 Å². The molecule has 0 aliphatic heterocycles. The van der Waals surface area contributed by atoms with Crippen molar-refractivity contribution in [1.29, 1.82) is 0 Å². The van der Waals surface area contributed by atoms with E-state index in [1.165, 1.54) is 0 Å². The van der Waals surface area contributed by atoms with E-state index in [4.69, 9.17) is 10.5 Å². The fourth-order valence-electron chi connectivity index (χ4n) is 1.52. The first kappa shape index (κ1) is 10.4. The van der Waals surface area contributed by atoms with Gasteiger partial charge in [-0.15, -0.1) is 0 Å². The van der Waals surface area contributed by atoms with Crippen LogP contribution in [0.1, 0.15) is 5.69 Å². The molecule has 0 spiro atoms. The predicted octanol–water partition coefficient (Wildman–Crippen LogP) is 2.46. The van der Waals surface area contributed by atoms with E-state index in [1.54, 1.807) is 7.11 Å². The van der Waals surface area contributed by atoms with Crippen LogP contribution in [0, 0.1) is 0 Å². The largest absolute Gasteiger partial charge is 0.481 e. The molecule has 0 atom stereocenters. The van der Waals surface area contributed by atoms with Gasteiger partial charge in [0.1, 0.15) is 0 Å². The number of rotatable bonds is 2. The zero-order chi connectivity index (χ0) is 10.8. The number of halogens is 1. The summed E-state index contributed by atoms with van der Waals surface area (Å²) in [7, 11) is 1.61. The molecule has 4 heteroatoms. The first-order chi connectivity index (χ1) is 7.26. The fourth-order valence-corrected chi connectivity index (χ4v) is 2.00. The van der Waals surface area contributed by atoms with Gasteiger partial charge in [0.15, 0.2) is 0 Å². The molecule has 0 aliphatic rings. The van der Waals surface area contributed by atoms with Gasteiger partial charge in [-0.1, -0.05) is 22.0 Å². The summed E-state index contributed by atoms with van der Waals surface area (Å²) in [6.45, 7) is 0.410. The van der Waals surface area contributed by atoms with Crippen LogP contribution in [-0.4, -0.2) is 12.1 Å². The number of pyridine rings is 1. The lowest BCUT2D eigenvalue weighted by atomic mass is 10.1. The number of hydrogen-bond acceptors (Lipinski definition) is 3. The summed E-state index contributed by atoms with van der Waals surface area (Å²) in [5.41, 5.74) is 6.41. The van der Waals surface area contributed by atoms with Crippen LogP contribution in [0.15, 0.2) is 28.7 Å². The summed E-state index contributed by atoms with van der Waals surface area (Å²) >= 11 is 3.50. The molecular weight excluding hydrogens is 256 g/mol. The summed E-state index contributed by atoms with van der Waals surface area (Å²) in [5, 5.41) is 2.06. The molecule has 15 heavy (non-hydrogen) atoms. The standard InChI is InChI=1S/C11H11BrN2O/c1-15-11-8-3-2-4-10(12)9(8)5-7(6-13)14-11/h2-5H,6,13H2,1H3. The van der Waals surface area contributed by atoms with Crippen molar-refractivity contribution in [2.24, 2.45) is 5.73 Å². The molecule has 1 aromatic heterocycles. The highest BCUT2D eigenvalue weighted by Gasteiger charge is 2.07. The van der Waals surface area contributed by atoms with Gasteiger partial charge < -0.3 is 10.5 Å². The third-order valence-corrected chi connectivity index (χ3v) is 2.93. The molecule has 78 valence electrons. The number of fused-ring (bicyclic) bond motifs is 1. The minimum atomic E-state index is 0.410. The van der Waals surface area contributed by atoms with Gasteiger partial charge in [0.2, 0.25) is 5.88 Å². The number of methoxy groups -OCH3 is 1. The topological polar surface area (TPSA) is 48.1 Å². The van der Waals surface area contributed by atoms with Crippen molar-refractivity contribution in [1.82, 2.24) is 4.98 Å². The lowest BCUT2D eigenvalue weighted by molar-refractivity contribution is 0.402. The third-order valence-electron chi connectivity index (χ3n) is 2.24. The number of aromatic nitrogens is 1. The Morgan fingerprint density at radius 2 is 2.20 bits per heavy atom. The lowest BCUT2D eigenvalue weighted by Crippen LogP contribution is -2.01. The summed E-state index contributed by atoms with van der Waals surface area (Å²) in [4.78, 5) is 4.31. The lowest BCUT2D eigenvalue weighted by Gasteiger charge is -2.08. The van der Waals surface area contributed by atoms with Crippen molar-refractivity contribution in [3.8, 4) is 5.88 Å². The van der Waals surface area contributed by atoms with Gasteiger partial charge in [-0.2, -0.15) is 0 Å². The van der Waals surface area contributed by atoms with E-state index < -0.39 is 0 Å². The van der Waals surface area contributed by atoms with Crippen molar-refractivity contribution in [3.63, 3.8) is 0 Å². The molecule has 2 N–H and O–H groups in total. The number of hydrogen-bond donors (Lipinski definition) is 1. The minimum Gasteiger partial charge on any atom is -0.481 e. The molecule has 0 bridgehead atoms. The maximum atomic E-state index is 5.58. The van der Waals surface area contributed by atoms with Crippen molar-refractivity contribution in [2.75, 3.05) is 7.11 Å². The van der Waals surface area contributed by atoms with Gasteiger partial charge in [-0.05, 0) is 18.2 Å². The molecule has 0 aliphatic carbocycles. The summed E-state index contributed by atoms with van der Waals surface area (Å²) < 4.78 is 6.26. The molecule has 1 aromatic carbocycles. The molecule has 0 fully saturated rings. The normalized spacial score (nSPS) is 10.6. The van der Waals surface area contributed by atoms with E-state index in [1.807, 2.05) is 24.3 Å². The molecule has 0 unspecified atom stereocenters. The Hall–Kier alpha value is -1.13. The van der Waals surface area contributed by atoms with Crippen LogP contribution in [0.5, 0.6) is 5.88 Å². The Morgan fingerprint density at radius 3 is 2.87 bits per heavy atom. The quantitative estimate of drug-likeness (QED) is 0.909. The zero-order valence-corrected chi connectivity index (χ0v) is 9.91. The van der Waals surface area contributed by atoms with Gasteiger partial charge in [0, 0.05) is 21.8 Å². The van der Waals surface area contributed by atoms with E-state index in [0.29, 0.717) is 12.4 Å². The molecule has 0 radical (unpaired) electrons. The molecule has 3 nitrogen and oxygen atoms in total. The Morgan fingerprint density at radius 1 is 1.40 bits per heavy atom. The maximum absolute atomic E-state index is 5.58. The molecule has 2 aromatic rings. The second-order valence-electron chi connectivity index (χ2n) is 3.16. The van der Waals surface area contributed by atoms with E-state index in [0.717, 1.165) is 20.9 Å². The van der Waals surface area contributed by atoms with Crippen LogP contribution < -0.4 is 10.5 Å². The average molecular weight is 267 g/mol. The van der Waals surface area contributed by atoms with Crippen LogP contribution in [0.3, 0.4) is 0 Å². The second-order valence-corrected chi connectivity index (χ2v) is 4.02. The van der Waals surface area contributed by atoms with Gasteiger partial charge in [-0.3, -0.25) is 0 Å². The minimum absolute atomic E-state index is 0.410. The van der Waals surface area contributed by atoms with Crippen LogP contribution >= 0.6 is 15.9 Å². The van der Waals surface area contributed by atoms with E-state index >= 15 is 0 Å². The molecular formula is C11H11BrN2O. The fraction of sp³-hybridized carbons (Fsp3) is 0.182. The van der Waals surface area contributed by atoms with Crippen molar-refractivity contribution in [3.05, 3.63) is 34.4 Å². The highest BCUT2D eigenvalue weighted by atomic mass is 79.9. The maximum Gasteiger partial charge on any atom is 0.221 e. The van der Waals surface area contributed by atoms with Gasteiger partial charge in [0.05, 0.1) is 12.8 Å². The van der Waals surface area contributed by atoms with Crippen LogP contribution in [0.25, 0.3) is 10.8 Å². The summed E-state index contributed by atoms with van der Waals surface area (Å²) in [6, 6.07) is 7.90. The number of nitrogens with two attached hydrogens (primary N) is 1. The third kappa shape index (κ3) is 1.82. The van der Waals surface area contributed by atoms with Crippen LogP contribution in [0.2, 0.25) is 0 Å². The number of benzene rings is 1. The first-order valence-corrected chi connectivity index (χ1v) is 5.37. The van der Waals surface area contributed by atoms with Gasteiger partial charge >= 0.3 is 0 Å². The first-order valence-electron chi connectivity index (χ1n) is 4.58. The Bertz CT molecular complexity index is 499. The Balaban J connectivity index is 2.80.